The first-order chi connectivity index (χ1) is 10.1. The van der Waals surface area contributed by atoms with Crippen LogP contribution in [0.4, 0.5) is 5.69 Å². The van der Waals surface area contributed by atoms with Crippen molar-refractivity contribution in [1.82, 2.24) is 15.3 Å². The predicted molar refractivity (Wildman–Crippen MR) is 79.7 cm³/mol. The summed E-state index contributed by atoms with van der Waals surface area (Å²) in [6.07, 6.45) is 3.34. The summed E-state index contributed by atoms with van der Waals surface area (Å²) in [5, 5.41) is 14.5. The molecule has 0 saturated carbocycles. The van der Waals surface area contributed by atoms with Crippen molar-refractivity contribution in [3.63, 3.8) is 0 Å². The third kappa shape index (κ3) is 3.11. The third-order valence-electron chi connectivity index (χ3n) is 3.64. The number of piperidine rings is 1. The van der Waals surface area contributed by atoms with Gasteiger partial charge in [-0.2, -0.15) is 0 Å². The highest BCUT2D eigenvalue weighted by Gasteiger charge is 2.19. The highest BCUT2D eigenvalue weighted by molar-refractivity contribution is 7.84. The van der Waals surface area contributed by atoms with Gasteiger partial charge in [0.05, 0.1) is 26.8 Å². The number of rotatable bonds is 4. The average molecular weight is 308 g/mol. The van der Waals surface area contributed by atoms with Gasteiger partial charge in [0, 0.05) is 23.9 Å². The molecule has 0 spiro atoms. The summed E-state index contributed by atoms with van der Waals surface area (Å²) in [5.74, 6) is 0.516. The molecule has 2 heterocycles. The molecule has 7 nitrogen and oxygen atoms in total. The number of imidazole rings is 1. The molecule has 2 N–H and O–H groups in total. The SMILES string of the molecule is O=[N+]([O-])c1ccc2nc(S(=O)CC3CCCCN3)[nH]c2c1. The normalized spacial score (nSPS) is 20.5. The van der Waals surface area contributed by atoms with E-state index in [2.05, 4.69) is 15.3 Å². The number of fused-ring (bicyclic) bond motifs is 1. The van der Waals surface area contributed by atoms with Gasteiger partial charge in [0.25, 0.3) is 5.69 Å². The molecule has 2 unspecified atom stereocenters. The van der Waals surface area contributed by atoms with Crippen LogP contribution in [0.1, 0.15) is 19.3 Å². The van der Waals surface area contributed by atoms with Gasteiger partial charge in [-0.3, -0.25) is 14.3 Å². The first-order valence-corrected chi connectivity index (χ1v) is 8.21. The summed E-state index contributed by atoms with van der Waals surface area (Å²) in [7, 11) is -1.23. The first-order valence-electron chi connectivity index (χ1n) is 6.89. The molecule has 1 aromatic heterocycles. The molecule has 2 atom stereocenters. The number of benzene rings is 1. The minimum Gasteiger partial charge on any atom is -0.331 e. The van der Waals surface area contributed by atoms with Crippen LogP contribution in [0.3, 0.4) is 0 Å². The van der Waals surface area contributed by atoms with Crippen molar-refractivity contribution in [2.45, 2.75) is 30.5 Å². The molecule has 0 radical (unpaired) electrons. The third-order valence-corrected chi connectivity index (χ3v) is 4.96. The van der Waals surface area contributed by atoms with Crippen LogP contribution in [0.25, 0.3) is 11.0 Å². The highest BCUT2D eigenvalue weighted by Crippen LogP contribution is 2.20. The van der Waals surface area contributed by atoms with Gasteiger partial charge in [0.2, 0.25) is 0 Å². The second-order valence-corrected chi connectivity index (χ2v) is 6.57. The molecular formula is C13H16N4O3S. The quantitative estimate of drug-likeness (QED) is 0.661. The lowest BCUT2D eigenvalue weighted by Gasteiger charge is -2.22. The van der Waals surface area contributed by atoms with Crippen LogP contribution in [0, 0.1) is 10.1 Å². The zero-order chi connectivity index (χ0) is 14.8. The van der Waals surface area contributed by atoms with Crippen LogP contribution in [0.15, 0.2) is 23.4 Å². The van der Waals surface area contributed by atoms with E-state index in [-0.39, 0.29) is 11.7 Å². The van der Waals surface area contributed by atoms with E-state index in [1.807, 2.05) is 0 Å². The maximum Gasteiger partial charge on any atom is 0.271 e. The summed E-state index contributed by atoms with van der Waals surface area (Å²) in [6, 6.07) is 4.64. The molecule has 3 rings (SSSR count). The van der Waals surface area contributed by atoms with Crippen molar-refractivity contribution < 1.29 is 9.13 Å². The van der Waals surface area contributed by atoms with Gasteiger partial charge in [0.1, 0.15) is 0 Å². The molecule has 21 heavy (non-hydrogen) atoms. The zero-order valence-electron chi connectivity index (χ0n) is 11.4. The molecule has 1 aromatic carbocycles. The maximum absolute atomic E-state index is 12.3. The minimum atomic E-state index is -1.23. The average Bonchev–Trinajstić information content (AvgIpc) is 2.91. The van der Waals surface area contributed by atoms with Gasteiger partial charge < -0.3 is 10.3 Å². The highest BCUT2D eigenvalue weighted by atomic mass is 32.2. The topological polar surface area (TPSA) is 101 Å². The van der Waals surface area contributed by atoms with E-state index in [0.717, 1.165) is 25.8 Å². The molecule has 0 amide bonds. The number of H-pyrrole nitrogens is 1. The molecule has 1 aliphatic rings. The maximum atomic E-state index is 12.3. The van der Waals surface area contributed by atoms with E-state index >= 15 is 0 Å². The molecule has 0 aliphatic carbocycles. The van der Waals surface area contributed by atoms with Crippen molar-refractivity contribution >= 4 is 27.5 Å². The summed E-state index contributed by atoms with van der Waals surface area (Å²) in [5.41, 5.74) is 1.14. The van der Waals surface area contributed by atoms with Crippen molar-refractivity contribution in [2.75, 3.05) is 12.3 Å². The monoisotopic (exact) mass is 308 g/mol. The van der Waals surface area contributed by atoms with E-state index in [0.29, 0.717) is 21.9 Å². The van der Waals surface area contributed by atoms with Crippen LogP contribution in [-0.4, -0.2) is 37.4 Å². The number of aromatic nitrogens is 2. The Hall–Kier alpha value is -1.80. The van der Waals surface area contributed by atoms with Crippen molar-refractivity contribution in [1.29, 1.82) is 0 Å². The lowest BCUT2D eigenvalue weighted by atomic mass is 10.1. The predicted octanol–water partition coefficient (Wildman–Crippen LogP) is 1.72. The largest absolute Gasteiger partial charge is 0.331 e. The number of hydrogen-bond acceptors (Lipinski definition) is 5. The number of aromatic amines is 1. The number of nitrogens with one attached hydrogen (secondary N) is 2. The van der Waals surface area contributed by atoms with Gasteiger partial charge in [-0.15, -0.1) is 0 Å². The molecule has 112 valence electrons. The van der Waals surface area contributed by atoms with E-state index in [1.165, 1.54) is 12.1 Å². The molecule has 1 saturated heterocycles. The molecule has 1 aliphatic heterocycles. The van der Waals surface area contributed by atoms with Crippen molar-refractivity contribution in [3.8, 4) is 0 Å². The lowest BCUT2D eigenvalue weighted by Crippen LogP contribution is -2.38. The van der Waals surface area contributed by atoms with Gasteiger partial charge in [0.15, 0.2) is 5.16 Å². The second-order valence-electron chi connectivity index (χ2n) is 5.16. The fourth-order valence-corrected chi connectivity index (χ4v) is 3.76. The molecular weight excluding hydrogens is 292 g/mol. The fourth-order valence-electron chi connectivity index (χ4n) is 2.52. The summed E-state index contributed by atoms with van der Waals surface area (Å²) in [4.78, 5) is 17.5. The van der Waals surface area contributed by atoms with Crippen molar-refractivity contribution in [2.24, 2.45) is 0 Å². The van der Waals surface area contributed by atoms with E-state index in [9.17, 15) is 14.3 Å². The number of nitro groups is 1. The standard InChI is InChI=1S/C13H16N4O3S/c18-17(19)10-4-5-11-12(7-10)16-13(15-11)21(20)8-9-3-1-2-6-14-9/h4-5,7,9,14H,1-3,6,8H2,(H,15,16). The minimum absolute atomic E-state index is 0.00238. The van der Waals surface area contributed by atoms with Crippen LogP contribution in [-0.2, 0) is 10.8 Å². The number of nitrogens with zero attached hydrogens (tertiary/aromatic N) is 2. The van der Waals surface area contributed by atoms with Crippen LogP contribution < -0.4 is 5.32 Å². The second kappa shape index (κ2) is 5.90. The number of nitro benzene ring substituents is 1. The van der Waals surface area contributed by atoms with Crippen molar-refractivity contribution in [3.05, 3.63) is 28.3 Å². The van der Waals surface area contributed by atoms with Gasteiger partial charge in [-0.25, -0.2) is 4.98 Å². The fraction of sp³-hybridized carbons (Fsp3) is 0.462. The van der Waals surface area contributed by atoms with Crippen LogP contribution >= 0.6 is 0 Å². The Balaban J connectivity index is 1.79. The van der Waals surface area contributed by atoms with Crippen LogP contribution in [0.5, 0.6) is 0 Å². The van der Waals surface area contributed by atoms with E-state index in [1.54, 1.807) is 6.07 Å². The lowest BCUT2D eigenvalue weighted by molar-refractivity contribution is -0.384. The Kier molecular flexibility index (Phi) is 3.98. The first kappa shape index (κ1) is 14.2. The summed E-state index contributed by atoms with van der Waals surface area (Å²) < 4.78 is 12.3. The number of non-ortho nitro benzene ring substituents is 1. The zero-order valence-corrected chi connectivity index (χ0v) is 12.2. The Morgan fingerprint density at radius 3 is 3.00 bits per heavy atom. The van der Waals surface area contributed by atoms with Gasteiger partial charge in [-0.05, 0) is 25.5 Å². The smallest absolute Gasteiger partial charge is 0.271 e. The summed E-state index contributed by atoms with van der Waals surface area (Å²) in [6.45, 7) is 0.966. The number of hydrogen-bond donors (Lipinski definition) is 2. The Bertz CT molecular complexity index is 694. The van der Waals surface area contributed by atoms with Gasteiger partial charge >= 0.3 is 0 Å². The Morgan fingerprint density at radius 1 is 1.43 bits per heavy atom. The Morgan fingerprint density at radius 2 is 2.29 bits per heavy atom. The molecule has 0 bridgehead atoms. The van der Waals surface area contributed by atoms with Crippen LogP contribution in [0.2, 0.25) is 0 Å². The van der Waals surface area contributed by atoms with E-state index < -0.39 is 15.7 Å². The van der Waals surface area contributed by atoms with E-state index in [4.69, 9.17) is 0 Å². The Labute approximate surface area is 123 Å². The molecule has 2 aromatic rings. The van der Waals surface area contributed by atoms with Gasteiger partial charge in [-0.1, -0.05) is 6.42 Å². The molecule has 8 heteroatoms. The summed E-state index contributed by atoms with van der Waals surface area (Å²) >= 11 is 0. The molecule has 1 fully saturated rings.